The summed E-state index contributed by atoms with van der Waals surface area (Å²) in [7, 11) is 0. The standard InChI is InChI=1S/C10H16O2/c11-9(12)7-8-3-1-2-4-10(8)5-6-10/h8H,1-7H2,(H,11,12)/t8-/m0/s1. The van der Waals surface area contributed by atoms with Gasteiger partial charge < -0.3 is 5.11 Å². The number of carboxylic acids is 1. The largest absolute Gasteiger partial charge is 0.481 e. The van der Waals surface area contributed by atoms with E-state index in [1.807, 2.05) is 0 Å². The van der Waals surface area contributed by atoms with Crippen molar-refractivity contribution in [2.24, 2.45) is 11.3 Å². The fourth-order valence-corrected chi connectivity index (χ4v) is 2.73. The summed E-state index contributed by atoms with van der Waals surface area (Å²) >= 11 is 0. The number of hydrogen-bond acceptors (Lipinski definition) is 1. The Balaban J connectivity index is 1.97. The van der Waals surface area contributed by atoms with Crippen LogP contribution in [0.15, 0.2) is 0 Å². The fraction of sp³-hybridized carbons (Fsp3) is 0.900. The van der Waals surface area contributed by atoms with Crippen LogP contribution in [0.1, 0.15) is 44.9 Å². The predicted octanol–water partition coefficient (Wildman–Crippen LogP) is 2.43. The van der Waals surface area contributed by atoms with Crippen LogP contribution in [0.5, 0.6) is 0 Å². The van der Waals surface area contributed by atoms with Crippen LogP contribution in [-0.4, -0.2) is 11.1 Å². The van der Waals surface area contributed by atoms with Crippen LogP contribution in [0.25, 0.3) is 0 Å². The maximum atomic E-state index is 10.6. The Labute approximate surface area is 73.0 Å². The molecule has 2 fully saturated rings. The highest BCUT2D eigenvalue weighted by Gasteiger charge is 2.50. The van der Waals surface area contributed by atoms with Crippen molar-refractivity contribution in [2.75, 3.05) is 0 Å². The van der Waals surface area contributed by atoms with Crippen molar-refractivity contribution in [1.82, 2.24) is 0 Å². The molecule has 1 N–H and O–H groups in total. The first-order chi connectivity index (χ1) is 5.73. The van der Waals surface area contributed by atoms with Crippen LogP contribution < -0.4 is 0 Å². The first-order valence-corrected chi connectivity index (χ1v) is 4.95. The summed E-state index contributed by atoms with van der Waals surface area (Å²) < 4.78 is 0. The van der Waals surface area contributed by atoms with Gasteiger partial charge in [0.25, 0.3) is 0 Å². The molecule has 0 aromatic heterocycles. The van der Waals surface area contributed by atoms with Crippen molar-refractivity contribution >= 4 is 5.97 Å². The highest BCUT2D eigenvalue weighted by molar-refractivity contribution is 5.67. The maximum absolute atomic E-state index is 10.6. The first kappa shape index (κ1) is 8.09. The Morgan fingerprint density at radius 1 is 1.33 bits per heavy atom. The molecule has 0 heterocycles. The molecular formula is C10H16O2. The predicted molar refractivity (Wildman–Crippen MR) is 45.9 cm³/mol. The van der Waals surface area contributed by atoms with E-state index in [9.17, 15) is 4.79 Å². The van der Waals surface area contributed by atoms with Gasteiger partial charge in [-0.25, -0.2) is 0 Å². The highest BCUT2D eigenvalue weighted by Crippen LogP contribution is 2.60. The molecule has 12 heavy (non-hydrogen) atoms. The zero-order valence-corrected chi connectivity index (χ0v) is 7.38. The molecule has 0 amide bonds. The zero-order valence-electron chi connectivity index (χ0n) is 7.38. The second kappa shape index (κ2) is 2.75. The molecule has 2 heteroatoms. The first-order valence-electron chi connectivity index (χ1n) is 4.95. The lowest BCUT2D eigenvalue weighted by Crippen LogP contribution is -2.23. The van der Waals surface area contributed by atoms with E-state index in [-0.39, 0.29) is 0 Å². The minimum atomic E-state index is -0.604. The van der Waals surface area contributed by atoms with Crippen molar-refractivity contribution in [3.05, 3.63) is 0 Å². The topological polar surface area (TPSA) is 37.3 Å². The molecular weight excluding hydrogens is 152 g/mol. The summed E-state index contributed by atoms with van der Waals surface area (Å²) in [6.45, 7) is 0. The summed E-state index contributed by atoms with van der Waals surface area (Å²) in [5.41, 5.74) is 0.497. The second-order valence-electron chi connectivity index (χ2n) is 4.40. The molecule has 1 atom stereocenters. The number of hydrogen-bond donors (Lipinski definition) is 1. The molecule has 0 radical (unpaired) electrons. The minimum Gasteiger partial charge on any atom is -0.481 e. The van der Waals surface area contributed by atoms with Gasteiger partial charge in [0.15, 0.2) is 0 Å². The van der Waals surface area contributed by atoms with Crippen LogP contribution in [0.2, 0.25) is 0 Å². The number of rotatable bonds is 2. The smallest absolute Gasteiger partial charge is 0.303 e. The molecule has 2 aliphatic rings. The lowest BCUT2D eigenvalue weighted by atomic mass is 9.75. The summed E-state index contributed by atoms with van der Waals surface area (Å²) in [5.74, 6) is -0.100. The van der Waals surface area contributed by atoms with Crippen molar-refractivity contribution in [3.63, 3.8) is 0 Å². The second-order valence-corrected chi connectivity index (χ2v) is 4.40. The van der Waals surface area contributed by atoms with Crippen LogP contribution in [0.3, 0.4) is 0 Å². The van der Waals surface area contributed by atoms with Crippen molar-refractivity contribution < 1.29 is 9.90 Å². The van der Waals surface area contributed by atoms with E-state index in [4.69, 9.17) is 5.11 Å². The van der Waals surface area contributed by atoms with Crippen LogP contribution in [-0.2, 0) is 4.79 Å². The monoisotopic (exact) mass is 168 g/mol. The summed E-state index contributed by atoms with van der Waals surface area (Å²) in [6.07, 6.45) is 8.04. The summed E-state index contributed by atoms with van der Waals surface area (Å²) in [4.78, 5) is 10.6. The van der Waals surface area contributed by atoms with Crippen LogP contribution >= 0.6 is 0 Å². The van der Waals surface area contributed by atoms with Crippen molar-refractivity contribution in [1.29, 1.82) is 0 Å². The number of carboxylic acid groups (broad SMARTS) is 1. The van der Waals surface area contributed by atoms with Gasteiger partial charge in [0.2, 0.25) is 0 Å². The molecule has 0 bridgehead atoms. The molecule has 0 aromatic carbocycles. The van der Waals surface area contributed by atoms with Gasteiger partial charge in [0.1, 0.15) is 0 Å². The lowest BCUT2D eigenvalue weighted by Gasteiger charge is -2.30. The third-order valence-corrected chi connectivity index (χ3v) is 3.66. The van der Waals surface area contributed by atoms with E-state index in [1.54, 1.807) is 0 Å². The number of carbonyl (C=O) groups is 1. The molecule has 2 saturated carbocycles. The van der Waals surface area contributed by atoms with E-state index < -0.39 is 5.97 Å². The fourth-order valence-electron chi connectivity index (χ4n) is 2.73. The Morgan fingerprint density at radius 3 is 2.67 bits per heavy atom. The molecule has 0 aromatic rings. The van der Waals surface area contributed by atoms with Gasteiger partial charge in [-0.1, -0.05) is 12.8 Å². The van der Waals surface area contributed by atoms with E-state index in [0.29, 0.717) is 17.8 Å². The van der Waals surface area contributed by atoms with Gasteiger partial charge in [0, 0.05) is 6.42 Å². The molecule has 2 aliphatic carbocycles. The molecule has 2 rings (SSSR count). The van der Waals surface area contributed by atoms with Crippen molar-refractivity contribution in [3.8, 4) is 0 Å². The average molecular weight is 168 g/mol. The van der Waals surface area contributed by atoms with E-state index in [1.165, 1.54) is 32.1 Å². The highest BCUT2D eigenvalue weighted by atomic mass is 16.4. The molecule has 0 unspecified atom stereocenters. The minimum absolute atomic E-state index is 0.417. The van der Waals surface area contributed by atoms with Gasteiger partial charge >= 0.3 is 5.97 Å². The lowest BCUT2D eigenvalue weighted by molar-refractivity contribution is -0.139. The van der Waals surface area contributed by atoms with E-state index in [2.05, 4.69) is 0 Å². The van der Waals surface area contributed by atoms with E-state index >= 15 is 0 Å². The maximum Gasteiger partial charge on any atom is 0.303 e. The summed E-state index contributed by atoms with van der Waals surface area (Å²) in [6, 6.07) is 0. The Hall–Kier alpha value is -0.530. The summed E-state index contributed by atoms with van der Waals surface area (Å²) in [5, 5.41) is 8.73. The van der Waals surface area contributed by atoms with Gasteiger partial charge in [-0.05, 0) is 37.0 Å². The Kier molecular flexibility index (Phi) is 1.85. The Bertz CT molecular complexity index is 194. The van der Waals surface area contributed by atoms with Crippen LogP contribution in [0, 0.1) is 11.3 Å². The molecule has 1 spiro atoms. The molecule has 0 aliphatic heterocycles. The van der Waals surface area contributed by atoms with Gasteiger partial charge in [-0.3, -0.25) is 4.79 Å². The zero-order chi connectivity index (χ0) is 8.60. The van der Waals surface area contributed by atoms with Crippen molar-refractivity contribution in [2.45, 2.75) is 44.9 Å². The number of aliphatic carboxylic acids is 1. The molecule has 2 nitrogen and oxygen atoms in total. The SMILES string of the molecule is O=C(O)C[C@@H]1CCCCC12CC2. The third-order valence-electron chi connectivity index (χ3n) is 3.66. The van der Waals surface area contributed by atoms with Crippen LogP contribution in [0.4, 0.5) is 0 Å². The van der Waals surface area contributed by atoms with Gasteiger partial charge in [-0.15, -0.1) is 0 Å². The van der Waals surface area contributed by atoms with E-state index in [0.717, 1.165) is 6.42 Å². The van der Waals surface area contributed by atoms with Gasteiger partial charge in [-0.2, -0.15) is 0 Å². The molecule has 0 saturated heterocycles. The van der Waals surface area contributed by atoms with Gasteiger partial charge in [0.05, 0.1) is 0 Å². The third kappa shape index (κ3) is 1.35. The normalized spacial score (nSPS) is 31.8. The quantitative estimate of drug-likeness (QED) is 0.687. The molecule has 68 valence electrons. The average Bonchev–Trinajstić information content (AvgIpc) is 2.75. The Morgan fingerprint density at radius 2 is 2.08 bits per heavy atom.